The second-order valence-corrected chi connectivity index (χ2v) is 31.5. The zero-order chi connectivity index (χ0) is 79.6. The Kier molecular flexibility index (Phi) is 36.2. The summed E-state index contributed by atoms with van der Waals surface area (Å²) in [6.45, 7) is 23.2. The molecule has 4 rings (SSSR count). The number of ether oxygens (including phenoxy) is 1. The van der Waals surface area contributed by atoms with Gasteiger partial charge in [-0.05, 0) is 134 Å². The van der Waals surface area contributed by atoms with Gasteiger partial charge < -0.3 is 76.0 Å². The number of carbonyl (C=O) groups is 13. The van der Waals surface area contributed by atoms with Gasteiger partial charge in [-0.3, -0.25) is 62.3 Å². The molecule has 2 aliphatic heterocycles. The van der Waals surface area contributed by atoms with Crippen LogP contribution in [0.4, 0.5) is 0 Å². The van der Waals surface area contributed by atoms with Gasteiger partial charge in [0.05, 0.1) is 25.7 Å². The molecule has 0 radical (unpaired) electrons. The van der Waals surface area contributed by atoms with E-state index in [1.54, 1.807) is 62.9 Å². The summed E-state index contributed by atoms with van der Waals surface area (Å²) >= 11 is 0. The van der Waals surface area contributed by atoms with Crippen LogP contribution in [0.3, 0.4) is 0 Å². The van der Waals surface area contributed by atoms with Crippen molar-refractivity contribution >= 4 is 76.8 Å². The van der Waals surface area contributed by atoms with Crippen molar-refractivity contribution in [3.63, 3.8) is 0 Å². The smallest absolute Gasteiger partial charge is 0.248 e. The average molecular weight is 1480 g/mol. The number of piperidine rings is 1. The summed E-state index contributed by atoms with van der Waals surface area (Å²) in [6, 6.07) is 3.82. The maximum Gasteiger partial charge on any atom is 0.248 e. The molecule has 13 amide bonds. The van der Waals surface area contributed by atoms with Crippen LogP contribution in [0.2, 0.25) is 0 Å². The van der Waals surface area contributed by atoms with E-state index in [9.17, 15) is 29.1 Å². The van der Waals surface area contributed by atoms with Crippen molar-refractivity contribution in [3.05, 3.63) is 71.8 Å². The fourth-order valence-corrected chi connectivity index (χ4v) is 13.2. The zero-order valence-electron chi connectivity index (χ0n) is 66.5. The van der Waals surface area contributed by atoms with Gasteiger partial charge >= 0.3 is 0 Å². The lowest BCUT2D eigenvalue weighted by atomic mass is 9.97. The van der Waals surface area contributed by atoms with Gasteiger partial charge in [0.2, 0.25) is 76.8 Å². The van der Waals surface area contributed by atoms with E-state index in [1.165, 1.54) is 58.9 Å². The Bertz CT molecular complexity index is 3270. The minimum absolute atomic E-state index is 0.0164. The Labute approximate surface area is 628 Å². The van der Waals surface area contributed by atoms with E-state index in [4.69, 9.17) is 4.74 Å². The van der Waals surface area contributed by atoms with Crippen molar-refractivity contribution in [2.45, 2.75) is 246 Å². The molecular formula is C78H125N13O15. The highest BCUT2D eigenvalue weighted by atomic mass is 16.5. The van der Waals surface area contributed by atoms with Gasteiger partial charge in [0.25, 0.3) is 0 Å². The summed E-state index contributed by atoms with van der Waals surface area (Å²) in [4.78, 5) is 202. The molecule has 0 aliphatic carbocycles. The molecule has 11 atom stereocenters. The lowest BCUT2D eigenvalue weighted by Gasteiger charge is -2.37. The first-order chi connectivity index (χ1) is 49.7. The number of nitrogens with zero attached hydrogens (tertiary/aromatic N) is 7. The van der Waals surface area contributed by atoms with Crippen LogP contribution in [0.25, 0.3) is 0 Å². The number of likely N-dealkylation sites (tertiary alicyclic amines) is 1. The van der Waals surface area contributed by atoms with E-state index < -0.39 is 175 Å². The van der Waals surface area contributed by atoms with E-state index in [2.05, 4.69) is 31.9 Å². The predicted octanol–water partition coefficient (Wildman–Crippen LogP) is 3.59. The molecule has 7 N–H and O–H groups in total. The van der Waals surface area contributed by atoms with Gasteiger partial charge in [0.15, 0.2) is 0 Å². The molecule has 592 valence electrons. The molecule has 2 aromatic carbocycles. The minimum Gasteiger partial charge on any atom is -0.391 e. The van der Waals surface area contributed by atoms with Crippen LogP contribution in [0.5, 0.6) is 0 Å². The lowest BCUT2D eigenvalue weighted by molar-refractivity contribution is -0.151. The van der Waals surface area contributed by atoms with Gasteiger partial charge in [0.1, 0.15) is 67.0 Å². The largest absolute Gasteiger partial charge is 0.391 e. The standard InChI is InChI=1S/C78H125N13O15/c1-20-36-91-45-66(95)86(16)61(40-49(4)5)70(98)82-59(46-106-47-65(94)84-78(12,13)14)74(102)89(19)63(42-51(8)9)76(104)85(15)52(10)68(96)80-58(75(103)90-37-28-23-29-38-90)44-64(93)79-56(39-48(2)3)72(100)88(18)62(41-50(6)7)71(99)81-57(43-55-32-26-22-27-33-55)73(101)87(17)60(35-34-54-30-24-21-25-31-54)69(97)83-67(53(11)92)77(91)105/h21-22,24-27,30-33,48-53,56-63,67,92H,20,23,28-29,34-47H2,1-19H3,(H,79,93)(H,80,96)(H,81,99)(H,82,98)(H,83,97)(H,84,94)/t52-,53+,56+,57-,58-,59-,60-,61-,62-,63-,67-/m0/s1. The lowest BCUT2D eigenvalue weighted by Crippen LogP contribution is -2.62. The maximum absolute atomic E-state index is 15.5. The molecule has 2 aliphatic rings. The molecule has 28 nitrogen and oxygen atoms in total. The van der Waals surface area contributed by atoms with Gasteiger partial charge in [-0.15, -0.1) is 0 Å². The first kappa shape index (κ1) is 89.9. The highest BCUT2D eigenvalue weighted by Gasteiger charge is 2.43. The summed E-state index contributed by atoms with van der Waals surface area (Å²) in [6.07, 6.45) is 0.503. The van der Waals surface area contributed by atoms with Crippen LogP contribution >= 0.6 is 0 Å². The molecule has 0 unspecified atom stereocenters. The molecule has 2 heterocycles. The van der Waals surface area contributed by atoms with Gasteiger partial charge in [-0.1, -0.05) is 123 Å². The minimum atomic E-state index is -1.71. The third-order valence-corrected chi connectivity index (χ3v) is 19.2. The van der Waals surface area contributed by atoms with E-state index >= 15 is 38.4 Å². The third kappa shape index (κ3) is 28.0. The first-order valence-corrected chi connectivity index (χ1v) is 37.7. The number of likely N-dealkylation sites (N-methyl/N-ethyl adjacent to an activating group) is 5. The third-order valence-electron chi connectivity index (χ3n) is 19.2. The topological polar surface area (TPSA) is 346 Å². The van der Waals surface area contributed by atoms with Gasteiger partial charge in [-0.25, -0.2) is 0 Å². The van der Waals surface area contributed by atoms with Crippen LogP contribution in [0, 0.1) is 23.7 Å². The van der Waals surface area contributed by atoms with E-state index in [1.807, 2.05) is 85.7 Å². The molecule has 28 heteroatoms. The van der Waals surface area contributed by atoms with Crippen molar-refractivity contribution in [1.29, 1.82) is 0 Å². The number of benzene rings is 2. The Hall–Kier alpha value is -8.53. The fourth-order valence-electron chi connectivity index (χ4n) is 13.2. The highest BCUT2D eigenvalue weighted by Crippen LogP contribution is 2.23. The van der Waals surface area contributed by atoms with Gasteiger partial charge in [0, 0.05) is 66.8 Å². The van der Waals surface area contributed by atoms with E-state index in [0.29, 0.717) is 31.5 Å². The van der Waals surface area contributed by atoms with Crippen molar-refractivity contribution in [3.8, 4) is 0 Å². The van der Waals surface area contributed by atoms with Crippen LogP contribution in [-0.2, 0) is 79.9 Å². The number of carbonyl (C=O) groups excluding carboxylic acids is 13. The molecule has 2 saturated heterocycles. The number of aryl methyl sites for hydroxylation is 1. The average Bonchev–Trinajstić information content (AvgIpc) is 0.822. The van der Waals surface area contributed by atoms with Crippen LogP contribution < -0.4 is 31.9 Å². The molecular weight excluding hydrogens is 1360 g/mol. The number of rotatable bonds is 21. The number of aliphatic hydroxyl groups excluding tert-OH is 1. The molecule has 0 saturated carbocycles. The van der Waals surface area contributed by atoms with Crippen LogP contribution in [0.15, 0.2) is 60.7 Å². The number of nitrogens with one attached hydrogen (secondary N) is 6. The summed E-state index contributed by atoms with van der Waals surface area (Å²) in [5, 5.41) is 28.3. The number of hydrogen-bond donors (Lipinski definition) is 7. The molecule has 2 aromatic rings. The molecule has 106 heavy (non-hydrogen) atoms. The first-order valence-electron chi connectivity index (χ1n) is 37.7. The monoisotopic (exact) mass is 1480 g/mol. The van der Waals surface area contributed by atoms with Crippen LogP contribution in [0.1, 0.15) is 172 Å². The summed E-state index contributed by atoms with van der Waals surface area (Å²) in [7, 11) is 6.88. The van der Waals surface area contributed by atoms with E-state index in [-0.39, 0.29) is 81.6 Å². The SMILES string of the molecule is CCCN1CC(=O)N(C)[C@@H](CC(C)C)C(=O)N[C@@H](COCC(=O)NC(C)(C)C)C(=O)N(C)[C@@H](CC(C)C)C(=O)N(C)[C@@H](C)C(=O)N[C@H](C(=O)N2CCCCC2)CC(=O)N[C@H](CC(C)C)C(=O)N(C)[C@@H](CC(C)C)C(=O)N[C@@H](Cc2ccccc2)C(=O)N(C)[C@@H](CCc2ccccc2)C(=O)N[C@@H]([C@@H](C)O)C1=O. The highest BCUT2D eigenvalue weighted by molar-refractivity contribution is 6.00. The molecule has 0 spiro atoms. The Morgan fingerprint density at radius 2 is 1.03 bits per heavy atom. The normalized spacial score (nSPS) is 24.3. The number of amides is 13. The quantitative estimate of drug-likeness (QED) is 0.0939. The Balaban J connectivity index is 2.00. The molecule has 0 aromatic heterocycles. The van der Waals surface area contributed by atoms with E-state index in [0.717, 1.165) is 31.6 Å². The Morgan fingerprint density at radius 3 is 1.56 bits per heavy atom. The van der Waals surface area contributed by atoms with Crippen LogP contribution in [-0.4, -0.2) is 263 Å². The molecule has 0 bridgehead atoms. The van der Waals surface area contributed by atoms with Crippen molar-refractivity contribution in [2.75, 3.05) is 74.6 Å². The van der Waals surface area contributed by atoms with Gasteiger partial charge in [-0.2, -0.15) is 0 Å². The molecule has 2 fully saturated rings. The zero-order valence-corrected chi connectivity index (χ0v) is 66.5. The predicted molar refractivity (Wildman–Crippen MR) is 403 cm³/mol. The van der Waals surface area contributed by atoms with Crippen molar-refractivity contribution in [2.24, 2.45) is 23.7 Å². The van der Waals surface area contributed by atoms with Crippen molar-refractivity contribution < 1.29 is 72.2 Å². The summed E-state index contributed by atoms with van der Waals surface area (Å²) < 4.78 is 5.87. The second-order valence-electron chi connectivity index (χ2n) is 31.5. The number of aliphatic hydroxyl groups is 1. The summed E-state index contributed by atoms with van der Waals surface area (Å²) in [5.74, 6) is -10.8. The Morgan fingerprint density at radius 1 is 0.547 bits per heavy atom. The second kappa shape index (κ2) is 42.7. The maximum atomic E-state index is 15.5. The summed E-state index contributed by atoms with van der Waals surface area (Å²) in [5.41, 5.74) is 0.750. The fraction of sp³-hybridized carbons (Fsp3) is 0.679. The number of hydrogen-bond acceptors (Lipinski definition) is 15. The van der Waals surface area contributed by atoms with Crippen molar-refractivity contribution in [1.82, 2.24) is 66.2 Å².